The highest BCUT2D eigenvalue weighted by atomic mass is 17.2. The third kappa shape index (κ3) is 3.25. The van der Waals surface area contributed by atoms with Crippen LogP contribution in [-0.2, 0) is 9.78 Å². The van der Waals surface area contributed by atoms with Gasteiger partial charge >= 0.3 is 5.97 Å². The molecule has 1 radical (unpaired) electrons. The summed E-state index contributed by atoms with van der Waals surface area (Å²) in [6.45, 7) is 3.41. The largest absolute Gasteiger partial charge is 0.373 e. The number of carbonyl (C=O) groups is 1. The fraction of sp³-hybridized carbons (Fsp3) is 0.200. The van der Waals surface area contributed by atoms with E-state index >= 15 is 0 Å². The highest BCUT2D eigenvalue weighted by molar-refractivity contribution is 5.88. The van der Waals surface area contributed by atoms with Crippen molar-refractivity contribution in [2.75, 3.05) is 0 Å². The van der Waals surface area contributed by atoms with Gasteiger partial charge in [0.2, 0.25) is 0 Å². The Hall–Kier alpha value is -1.35. The number of hydrogen-bond acceptors (Lipinski definition) is 3. The molecule has 0 unspecified atom stereocenters. The van der Waals surface area contributed by atoms with E-state index in [1.807, 2.05) is 6.07 Å². The second-order valence-corrected chi connectivity index (χ2v) is 2.73. The summed E-state index contributed by atoms with van der Waals surface area (Å²) in [4.78, 5) is 20.3. The molecule has 0 saturated heterocycles. The van der Waals surface area contributed by atoms with E-state index in [1.54, 1.807) is 38.1 Å². The maximum absolute atomic E-state index is 11.2. The molecule has 1 aromatic rings. The van der Waals surface area contributed by atoms with Crippen molar-refractivity contribution in [3.05, 3.63) is 42.0 Å². The Morgan fingerprint density at radius 2 is 1.69 bits per heavy atom. The number of benzene rings is 1. The van der Waals surface area contributed by atoms with Crippen LogP contribution in [0.5, 0.6) is 0 Å². The smallest absolute Gasteiger partial charge is 0.292 e. The van der Waals surface area contributed by atoms with Crippen LogP contribution < -0.4 is 0 Å². The lowest BCUT2D eigenvalue weighted by atomic mass is 10.2. The molecule has 0 aliphatic heterocycles. The van der Waals surface area contributed by atoms with Crippen LogP contribution in [0.3, 0.4) is 0 Å². The van der Waals surface area contributed by atoms with Gasteiger partial charge in [-0.1, -0.05) is 18.2 Å². The van der Waals surface area contributed by atoms with Gasteiger partial charge in [-0.15, -0.1) is 0 Å². The van der Waals surface area contributed by atoms with Crippen LogP contribution >= 0.6 is 0 Å². The third-order valence-electron chi connectivity index (χ3n) is 1.29. The van der Waals surface area contributed by atoms with Crippen LogP contribution in [0.15, 0.2) is 30.3 Å². The third-order valence-corrected chi connectivity index (χ3v) is 1.29. The molecule has 0 spiro atoms. The molecule has 0 N–H and O–H groups in total. The van der Waals surface area contributed by atoms with E-state index in [0.717, 1.165) is 0 Å². The maximum atomic E-state index is 11.2. The molecule has 0 bridgehead atoms. The van der Waals surface area contributed by atoms with E-state index < -0.39 is 5.97 Å². The van der Waals surface area contributed by atoms with Crippen LogP contribution in [0.2, 0.25) is 0 Å². The highest BCUT2D eigenvalue weighted by Gasteiger charge is 2.07. The molecule has 0 aliphatic rings. The average Bonchev–Trinajstić information content (AvgIpc) is 2.15. The first-order valence-corrected chi connectivity index (χ1v) is 3.94. The lowest BCUT2D eigenvalue weighted by molar-refractivity contribution is -0.229. The van der Waals surface area contributed by atoms with Crippen molar-refractivity contribution >= 4 is 5.97 Å². The van der Waals surface area contributed by atoms with E-state index in [1.165, 1.54) is 0 Å². The van der Waals surface area contributed by atoms with Gasteiger partial charge in [-0.2, -0.15) is 4.89 Å². The monoisotopic (exact) mass is 179 g/mol. The van der Waals surface area contributed by atoms with Gasteiger partial charge < -0.3 is 0 Å². The van der Waals surface area contributed by atoms with Crippen LogP contribution in [0.4, 0.5) is 0 Å². The molecule has 3 heteroatoms. The predicted molar refractivity (Wildman–Crippen MR) is 47.5 cm³/mol. The number of carbonyl (C=O) groups excluding carboxylic acids is 1. The van der Waals surface area contributed by atoms with Gasteiger partial charge in [0.15, 0.2) is 0 Å². The summed E-state index contributed by atoms with van der Waals surface area (Å²) in [5, 5.41) is 0. The molecule has 0 aromatic heterocycles. The summed E-state index contributed by atoms with van der Waals surface area (Å²) in [5.74, 6) is -0.484. The van der Waals surface area contributed by atoms with Crippen LogP contribution in [-0.4, -0.2) is 5.97 Å². The van der Waals surface area contributed by atoms with Gasteiger partial charge in [0, 0.05) is 0 Å². The fourth-order valence-corrected chi connectivity index (χ4v) is 0.744. The molecular formula is C10H11O3. The second kappa shape index (κ2) is 4.62. The molecule has 0 aliphatic carbocycles. The van der Waals surface area contributed by atoms with Gasteiger partial charge in [-0.3, -0.25) is 4.89 Å². The Kier molecular flexibility index (Phi) is 3.46. The molecule has 1 rings (SSSR count). The predicted octanol–water partition coefficient (Wildman–Crippen LogP) is 2.35. The van der Waals surface area contributed by atoms with Crippen molar-refractivity contribution in [3.8, 4) is 0 Å². The van der Waals surface area contributed by atoms with E-state index in [9.17, 15) is 4.79 Å². The van der Waals surface area contributed by atoms with Crippen molar-refractivity contribution in [1.82, 2.24) is 0 Å². The molecule has 69 valence electrons. The van der Waals surface area contributed by atoms with Gasteiger partial charge in [-0.05, 0) is 26.0 Å². The highest BCUT2D eigenvalue weighted by Crippen LogP contribution is 2.04. The van der Waals surface area contributed by atoms with Gasteiger partial charge in [-0.25, -0.2) is 4.79 Å². The van der Waals surface area contributed by atoms with E-state index in [-0.39, 0.29) is 0 Å². The van der Waals surface area contributed by atoms with E-state index in [4.69, 9.17) is 0 Å². The van der Waals surface area contributed by atoms with Crippen molar-refractivity contribution in [1.29, 1.82) is 0 Å². The second-order valence-electron chi connectivity index (χ2n) is 2.73. The van der Waals surface area contributed by atoms with Crippen LogP contribution in [0.25, 0.3) is 0 Å². The van der Waals surface area contributed by atoms with Gasteiger partial charge in [0.05, 0.1) is 5.56 Å². The fourth-order valence-electron chi connectivity index (χ4n) is 0.744. The van der Waals surface area contributed by atoms with E-state index in [0.29, 0.717) is 11.7 Å². The minimum atomic E-state index is -0.484. The van der Waals surface area contributed by atoms with Crippen molar-refractivity contribution in [2.45, 2.75) is 13.8 Å². The molecule has 13 heavy (non-hydrogen) atoms. The zero-order chi connectivity index (χ0) is 9.68. The molecule has 1 aromatic carbocycles. The minimum absolute atomic E-state index is 0.476. The summed E-state index contributed by atoms with van der Waals surface area (Å²) < 4.78 is 0. The zero-order valence-corrected chi connectivity index (χ0v) is 7.61. The molecule has 0 heterocycles. The quantitative estimate of drug-likeness (QED) is 0.527. The molecule has 0 fully saturated rings. The average molecular weight is 179 g/mol. The molecule has 0 saturated carbocycles. The first-order chi connectivity index (χ1) is 6.20. The van der Waals surface area contributed by atoms with Gasteiger partial charge in [0.1, 0.15) is 6.10 Å². The lowest BCUT2D eigenvalue weighted by Crippen LogP contribution is -2.06. The van der Waals surface area contributed by atoms with Crippen LogP contribution in [0, 0.1) is 6.10 Å². The Bertz CT molecular complexity index is 267. The van der Waals surface area contributed by atoms with Crippen molar-refractivity contribution < 1.29 is 14.6 Å². The van der Waals surface area contributed by atoms with E-state index in [2.05, 4.69) is 9.78 Å². The SMILES string of the molecule is C[C](C)OOC(=O)c1ccccc1. The topological polar surface area (TPSA) is 35.5 Å². The van der Waals surface area contributed by atoms with Gasteiger partial charge in [0.25, 0.3) is 0 Å². The standard InChI is InChI=1S/C10H11O3/c1-8(2)12-13-10(11)9-6-4-3-5-7-9/h3-7H,1-2H3. The summed E-state index contributed by atoms with van der Waals surface area (Å²) >= 11 is 0. The number of rotatable bonds is 3. The maximum Gasteiger partial charge on any atom is 0.373 e. The summed E-state index contributed by atoms with van der Waals surface area (Å²) in [6.07, 6.45) is 0.587. The first-order valence-electron chi connectivity index (χ1n) is 3.94. The normalized spacial score (nSPS) is 10.1. The lowest BCUT2D eigenvalue weighted by Gasteiger charge is -2.04. The molecule has 0 amide bonds. The summed E-state index contributed by atoms with van der Waals surface area (Å²) in [5.41, 5.74) is 0.476. The molecule has 3 nitrogen and oxygen atoms in total. The van der Waals surface area contributed by atoms with Crippen molar-refractivity contribution in [2.24, 2.45) is 0 Å². The Morgan fingerprint density at radius 1 is 1.08 bits per heavy atom. The Morgan fingerprint density at radius 3 is 2.23 bits per heavy atom. The zero-order valence-electron chi connectivity index (χ0n) is 7.61. The van der Waals surface area contributed by atoms with Crippen LogP contribution in [0.1, 0.15) is 24.2 Å². The molecular weight excluding hydrogens is 168 g/mol. The summed E-state index contributed by atoms with van der Waals surface area (Å²) in [6, 6.07) is 8.68. The summed E-state index contributed by atoms with van der Waals surface area (Å²) in [7, 11) is 0. The Balaban J connectivity index is 2.50. The first kappa shape index (κ1) is 9.74. The Labute approximate surface area is 77.2 Å². The minimum Gasteiger partial charge on any atom is -0.292 e. The number of hydrogen-bond donors (Lipinski definition) is 0. The molecule has 0 atom stereocenters. The van der Waals surface area contributed by atoms with Crippen molar-refractivity contribution in [3.63, 3.8) is 0 Å².